The van der Waals surface area contributed by atoms with Crippen LogP contribution in [0.2, 0.25) is 0 Å². The first-order valence-corrected chi connectivity index (χ1v) is 4.83. The first kappa shape index (κ1) is 7.56. The summed E-state index contributed by atoms with van der Waals surface area (Å²) in [6.07, 6.45) is 4.19. The summed E-state index contributed by atoms with van der Waals surface area (Å²) in [5.41, 5.74) is 0. The Labute approximate surface area is 68.7 Å². The topological polar surface area (TPSA) is 24.1 Å². The van der Waals surface area contributed by atoms with Crippen LogP contribution in [-0.4, -0.2) is 25.2 Å². The molecule has 11 heavy (non-hydrogen) atoms. The van der Waals surface area contributed by atoms with Gasteiger partial charge in [-0.1, -0.05) is 0 Å². The minimum absolute atomic E-state index is 0.714. The van der Waals surface area contributed by atoms with Gasteiger partial charge in [0, 0.05) is 18.6 Å². The van der Waals surface area contributed by atoms with Gasteiger partial charge in [0.25, 0.3) is 0 Å². The van der Waals surface area contributed by atoms with Gasteiger partial charge >= 0.3 is 0 Å². The summed E-state index contributed by atoms with van der Waals surface area (Å²) >= 11 is 0. The molecule has 0 bridgehead atoms. The average Bonchev–Trinajstić information content (AvgIpc) is 2.73. The molecule has 0 aromatic carbocycles. The van der Waals surface area contributed by atoms with Crippen LogP contribution < -0.4 is 10.6 Å². The third kappa shape index (κ3) is 1.94. The van der Waals surface area contributed by atoms with Gasteiger partial charge < -0.3 is 10.6 Å². The number of nitrogens with one attached hydrogen (secondary N) is 2. The van der Waals surface area contributed by atoms with E-state index in [1.807, 2.05) is 0 Å². The molecule has 0 spiro atoms. The lowest BCUT2D eigenvalue weighted by Crippen LogP contribution is -2.38. The Balaban J connectivity index is 1.82. The Kier molecular flexibility index (Phi) is 2.14. The van der Waals surface area contributed by atoms with E-state index < -0.39 is 0 Å². The molecule has 2 nitrogen and oxygen atoms in total. The van der Waals surface area contributed by atoms with Gasteiger partial charge in [0.2, 0.25) is 0 Å². The van der Waals surface area contributed by atoms with Crippen molar-refractivity contribution in [3.05, 3.63) is 0 Å². The first-order valence-electron chi connectivity index (χ1n) is 4.83. The van der Waals surface area contributed by atoms with Crippen LogP contribution in [0.3, 0.4) is 0 Å². The van der Waals surface area contributed by atoms with Crippen LogP contribution in [0.1, 0.15) is 26.2 Å². The lowest BCUT2D eigenvalue weighted by molar-refractivity contribution is 0.468. The maximum absolute atomic E-state index is 3.61. The number of hydrogen-bond acceptors (Lipinski definition) is 2. The Hall–Kier alpha value is -0.0800. The van der Waals surface area contributed by atoms with E-state index in [-0.39, 0.29) is 0 Å². The Morgan fingerprint density at radius 2 is 1.91 bits per heavy atom. The van der Waals surface area contributed by atoms with E-state index in [1.165, 1.54) is 32.4 Å². The fourth-order valence-electron chi connectivity index (χ4n) is 1.82. The predicted octanol–water partition coefficient (Wildman–Crippen LogP) is 0.736. The van der Waals surface area contributed by atoms with Gasteiger partial charge in [0.1, 0.15) is 0 Å². The second kappa shape index (κ2) is 3.11. The van der Waals surface area contributed by atoms with E-state index in [9.17, 15) is 0 Å². The van der Waals surface area contributed by atoms with E-state index in [1.54, 1.807) is 0 Å². The number of hydrogen-bond donors (Lipinski definition) is 2. The van der Waals surface area contributed by atoms with Gasteiger partial charge in [-0.15, -0.1) is 0 Å². The molecule has 2 unspecified atom stereocenters. The molecule has 2 aliphatic rings. The zero-order valence-electron chi connectivity index (χ0n) is 7.27. The van der Waals surface area contributed by atoms with Crippen LogP contribution in [0.4, 0.5) is 0 Å². The summed E-state index contributed by atoms with van der Waals surface area (Å²) in [5.74, 6) is 0.993. The molecule has 2 atom stereocenters. The van der Waals surface area contributed by atoms with Crippen LogP contribution in [0, 0.1) is 5.92 Å². The van der Waals surface area contributed by atoms with Crippen molar-refractivity contribution in [1.29, 1.82) is 0 Å². The van der Waals surface area contributed by atoms with E-state index in [4.69, 9.17) is 0 Å². The molecule has 1 saturated heterocycles. The summed E-state index contributed by atoms with van der Waals surface area (Å²) in [6.45, 7) is 4.66. The Bertz CT molecular complexity index is 132. The van der Waals surface area contributed by atoms with Crippen LogP contribution in [0.5, 0.6) is 0 Å². The van der Waals surface area contributed by atoms with Gasteiger partial charge in [-0.3, -0.25) is 0 Å². The molecule has 2 fully saturated rings. The highest BCUT2D eigenvalue weighted by atomic mass is 15.0. The lowest BCUT2D eigenvalue weighted by atomic mass is 10.2. The Morgan fingerprint density at radius 1 is 1.09 bits per heavy atom. The molecule has 1 saturated carbocycles. The minimum Gasteiger partial charge on any atom is -0.313 e. The predicted molar refractivity (Wildman–Crippen MR) is 46.6 cm³/mol. The van der Waals surface area contributed by atoms with Crippen molar-refractivity contribution >= 4 is 0 Å². The fourth-order valence-corrected chi connectivity index (χ4v) is 1.82. The number of rotatable bonds is 1. The summed E-state index contributed by atoms with van der Waals surface area (Å²) in [7, 11) is 0. The molecule has 2 rings (SSSR count). The van der Waals surface area contributed by atoms with Crippen molar-refractivity contribution < 1.29 is 0 Å². The normalized spacial score (nSPS) is 40.1. The molecule has 0 aromatic rings. The molecular weight excluding hydrogens is 136 g/mol. The third-order valence-electron chi connectivity index (χ3n) is 2.86. The zero-order chi connectivity index (χ0) is 7.68. The second-order valence-corrected chi connectivity index (χ2v) is 4.00. The monoisotopic (exact) mass is 154 g/mol. The summed E-state index contributed by atoms with van der Waals surface area (Å²) < 4.78 is 0. The van der Waals surface area contributed by atoms with E-state index in [2.05, 4.69) is 17.6 Å². The average molecular weight is 154 g/mol. The van der Waals surface area contributed by atoms with Gasteiger partial charge in [-0.2, -0.15) is 0 Å². The van der Waals surface area contributed by atoms with Gasteiger partial charge in [0.05, 0.1) is 0 Å². The van der Waals surface area contributed by atoms with E-state index >= 15 is 0 Å². The van der Waals surface area contributed by atoms with Crippen LogP contribution in [0.15, 0.2) is 0 Å². The maximum atomic E-state index is 3.61. The van der Waals surface area contributed by atoms with Gasteiger partial charge in [0.15, 0.2) is 0 Å². The molecule has 1 aliphatic heterocycles. The zero-order valence-corrected chi connectivity index (χ0v) is 7.27. The molecule has 0 aromatic heterocycles. The van der Waals surface area contributed by atoms with Gasteiger partial charge in [-0.25, -0.2) is 0 Å². The SMILES string of the molecule is CC1CCNC(C2CC2)CN1. The Morgan fingerprint density at radius 3 is 2.64 bits per heavy atom. The standard InChI is InChI=1S/C9H18N2/c1-7-4-5-10-9(6-11-7)8-2-3-8/h7-11H,2-6H2,1H3. The highest BCUT2D eigenvalue weighted by Crippen LogP contribution is 2.32. The van der Waals surface area contributed by atoms with Crippen molar-refractivity contribution in [2.75, 3.05) is 13.1 Å². The van der Waals surface area contributed by atoms with Gasteiger partial charge in [-0.05, 0) is 38.6 Å². The molecule has 1 aliphatic carbocycles. The van der Waals surface area contributed by atoms with Crippen molar-refractivity contribution in [2.24, 2.45) is 5.92 Å². The largest absolute Gasteiger partial charge is 0.313 e. The molecular formula is C9H18N2. The van der Waals surface area contributed by atoms with Crippen molar-refractivity contribution in [2.45, 2.75) is 38.3 Å². The van der Waals surface area contributed by atoms with Crippen molar-refractivity contribution in [3.8, 4) is 0 Å². The molecule has 1 heterocycles. The van der Waals surface area contributed by atoms with Crippen LogP contribution in [-0.2, 0) is 0 Å². The van der Waals surface area contributed by atoms with Crippen LogP contribution >= 0.6 is 0 Å². The maximum Gasteiger partial charge on any atom is 0.0220 e. The van der Waals surface area contributed by atoms with E-state index in [0.717, 1.165) is 12.0 Å². The van der Waals surface area contributed by atoms with Crippen molar-refractivity contribution in [1.82, 2.24) is 10.6 Å². The molecule has 2 N–H and O–H groups in total. The quantitative estimate of drug-likeness (QED) is 0.582. The van der Waals surface area contributed by atoms with Crippen LogP contribution in [0.25, 0.3) is 0 Å². The molecule has 0 radical (unpaired) electrons. The molecule has 2 heteroatoms. The summed E-state index contributed by atoms with van der Waals surface area (Å²) in [6, 6.07) is 1.49. The minimum atomic E-state index is 0.714. The molecule has 64 valence electrons. The van der Waals surface area contributed by atoms with Crippen molar-refractivity contribution in [3.63, 3.8) is 0 Å². The third-order valence-corrected chi connectivity index (χ3v) is 2.86. The van der Waals surface area contributed by atoms with E-state index in [0.29, 0.717) is 6.04 Å². The highest BCUT2D eigenvalue weighted by Gasteiger charge is 2.31. The second-order valence-electron chi connectivity index (χ2n) is 4.00. The summed E-state index contributed by atoms with van der Waals surface area (Å²) in [5, 5.41) is 7.16. The first-order chi connectivity index (χ1) is 5.36. The smallest absolute Gasteiger partial charge is 0.0220 e. The fraction of sp³-hybridized carbons (Fsp3) is 1.00. The highest BCUT2D eigenvalue weighted by molar-refractivity contribution is 4.90. The molecule has 0 amide bonds. The lowest BCUT2D eigenvalue weighted by Gasteiger charge is -2.14. The summed E-state index contributed by atoms with van der Waals surface area (Å²) in [4.78, 5) is 0.